The third kappa shape index (κ3) is 2.74. The zero-order chi connectivity index (χ0) is 15.0. The molecule has 0 aliphatic heterocycles. The van der Waals surface area contributed by atoms with Crippen LogP contribution in [0.5, 0.6) is 0 Å². The van der Waals surface area contributed by atoms with Gasteiger partial charge in [0.2, 0.25) is 0 Å². The summed E-state index contributed by atoms with van der Waals surface area (Å²) in [6.07, 6.45) is 1.78. The van der Waals surface area contributed by atoms with Gasteiger partial charge in [-0.15, -0.1) is 0 Å². The zero-order valence-corrected chi connectivity index (χ0v) is 14.6. The summed E-state index contributed by atoms with van der Waals surface area (Å²) < 4.78 is 0.918. The molecule has 0 saturated carbocycles. The Balaban J connectivity index is 2.28. The molecule has 3 aromatic rings. The van der Waals surface area contributed by atoms with E-state index in [1.807, 2.05) is 30.3 Å². The highest BCUT2D eigenvalue weighted by atomic mass is 127. The van der Waals surface area contributed by atoms with E-state index < -0.39 is 0 Å². The van der Waals surface area contributed by atoms with Crippen LogP contribution in [0, 0.1) is 3.57 Å². The first-order chi connectivity index (χ1) is 10.1. The van der Waals surface area contributed by atoms with Crippen LogP contribution in [0.2, 0.25) is 5.15 Å². The summed E-state index contributed by atoms with van der Waals surface area (Å²) in [6, 6.07) is 9.96. The molecule has 0 saturated heterocycles. The number of halogens is 2. The third-order valence-corrected chi connectivity index (χ3v) is 4.91. The van der Waals surface area contributed by atoms with Crippen molar-refractivity contribution < 1.29 is 0 Å². The van der Waals surface area contributed by atoms with Gasteiger partial charge >= 0.3 is 0 Å². The second kappa shape index (κ2) is 5.85. The molecule has 0 aliphatic carbocycles. The van der Waals surface area contributed by atoms with Crippen molar-refractivity contribution in [2.75, 3.05) is 0 Å². The van der Waals surface area contributed by atoms with Crippen molar-refractivity contribution in [3.05, 3.63) is 50.9 Å². The highest BCUT2D eigenvalue weighted by Gasteiger charge is 2.16. The molecule has 0 fully saturated rings. The van der Waals surface area contributed by atoms with Crippen LogP contribution in [0.3, 0.4) is 0 Å². The van der Waals surface area contributed by atoms with E-state index >= 15 is 0 Å². The van der Waals surface area contributed by atoms with Gasteiger partial charge in [-0.1, -0.05) is 43.6 Å². The Morgan fingerprint density at radius 1 is 1.10 bits per heavy atom. The zero-order valence-electron chi connectivity index (χ0n) is 11.6. The van der Waals surface area contributed by atoms with Crippen LogP contribution in [-0.4, -0.2) is 15.0 Å². The van der Waals surface area contributed by atoms with E-state index in [1.165, 1.54) is 0 Å². The van der Waals surface area contributed by atoms with Crippen LogP contribution in [0.15, 0.2) is 36.5 Å². The first kappa shape index (κ1) is 14.7. The smallest absolute Gasteiger partial charge is 0.163 e. The summed E-state index contributed by atoms with van der Waals surface area (Å²) >= 11 is 8.49. The molecule has 0 unspecified atom stereocenters. The average molecular weight is 410 g/mol. The summed E-state index contributed by atoms with van der Waals surface area (Å²) in [4.78, 5) is 13.6. The molecular formula is C16H13ClIN3. The van der Waals surface area contributed by atoms with Gasteiger partial charge in [-0.2, -0.15) is 0 Å². The Hall–Kier alpha value is -1.27. The van der Waals surface area contributed by atoms with Gasteiger partial charge in [0.15, 0.2) is 5.82 Å². The highest BCUT2D eigenvalue weighted by molar-refractivity contribution is 14.1. The van der Waals surface area contributed by atoms with Crippen molar-refractivity contribution in [1.29, 1.82) is 0 Å². The molecule has 5 heteroatoms. The predicted octanol–water partition coefficient (Wildman–Crippen LogP) is 5.07. The van der Waals surface area contributed by atoms with E-state index in [2.05, 4.69) is 46.4 Å². The monoisotopic (exact) mass is 409 g/mol. The molecule has 0 amide bonds. The minimum Gasteiger partial charge on any atom is -0.255 e. The Morgan fingerprint density at radius 2 is 1.86 bits per heavy atom. The number of hydrogen-bond donors (Lipinski definition) is 0. The first-order valence-electron chi connectivity index (χ1n) is 6.65. The number of benzene rings is 1. The summed E-state index contributed by atoms with van der Waals surface area (Å²) in [5.74, 6) is 0.924. The molecule has 0 atom stereocenters. The molecule has 106 valence electrons. The second-order valence-corrected chi connectivity index (χ2v) is 6.51. The summed E-state index contributed by atoms with van der Waals surface area (Å²) in [6.45, 7) is 4.21. The standard InChI is InChI=1S/C16H13ClIN3/c1-9(2)13-12(18)15(17)21-16(20-13)11-7-3-5-10-6-4-8-19-14(10)11/h3-9H,1-2H3. The van der Waals surface area contributed by atoms with E-state index in [4.69, 9.17) is 16.6 Å². The molecule has 21 heavy (non-hydrogen) atoms. The van der Waals surface area contributed by atoms with Crippen LogP contribution < -0.4 is 0 Å². The number of fused-ring (bicyclic) bond motifs is 1. The number of pyridine rings is 1. The van der Waals surface area contributed by atoms with Crippen molar-refractivity contribution in [3.8, 4) is 11.4 Å². The molecular weight excluding hydrogens is 397 g/mol. The predicted molar refractivity (Wildman–Crippen MR) is 94.6 cm³/mol. The fourth-order valence-electron chi connectivity index (χ4n) is 2.22. The van der Waals surface area contributed by atoms with E-state index in [0.717, 1.165) is 25.7 Å². The largest absolute Gasteiger partial charge is 0.255 e. The van der Waals surface area contributed by atoms with E-state index in [1.54, 1.807) is 6.20 Å². The Kier molecular flexibility index (Phi) is 4.08. The van der Waals surface area contributed by atoms with Gasteiger partial charge in [-0.25, -0.2) is 9.97 Å². The molecule has 0 radical (unpaired) electrons. The van der Waals surface area contributed by atoms with Gasteiger partial charge in [0.05, 0.1) is 14.8 Å². The summed E-state index contributed by atoms with van der Waals surface area (Å²) in [5.41, 5.74) is 2.78. The molecule has 0 spiro atoms. The van der Waals surface area contributed by atoms with Crippen molar-refractivity contribution >= 4 is 45.1 Å². The summed E-state index contributed by atoms with van der Waals surface area (Å²) in [5, 5.41) is 1.57. The summed E-state index contributed by atoms with van der Waals surface area (Å²) in [7, 11) is 0. The van der Waals surface area contributed by atoms with Crippen LogP contribution in [-0.2, 0) is 0 Å². The maximum absolute atomic E-state index is 6.29. The molecule has 2 aromatic heterocycles. The lowest BCUT2D eigenvalue weighted by molar-refractivity contribution is 0.808. The molecule has 3 rings (SSSR count). The van der Waals surface area contributed by atoms with E-state index in [-0.39, 0.29) is 0 Å². The van der Waals surface area contributed by atoms with Crippen molar-refractivity contribution in [1.82, 2.24) is 15.0 Å². The van der Waals surface area contributed by atoms with E-state index in [0.29, 0.717) is 16.9 Å². The Labute approximate surface area is 141 Å². The Morgan fingerprint density at radius 3 is 2.62 bits per heavy atom. The lowest BCUT2D eigenvalue weighted by Gasteiger charge is -2.11. The van der Waals surface area contributed by atoms with Crippen LogP contribution in [0.4, 0.5) is 0 Å². The third-order valence-electron chi connectivity index (χ3n) is 3.26. The van der Waals surface area contributed by atoms with Crippen LogP contribution in [0.1, 0.15) is 25.5 Å². The van der Waals surface area contributed by atoms with Gasteiger partial charge in [0.25, 0.3) is 0 Å². The maximum atomic E-state index is 6.29. The van der Waals surface area contributed by atoms with Crippen molar-refractivity contribution in [3.63, 3.8) is 0 Å². The van der Waals surface area contributed by atoms with Gasteiger partial charge in [-0.3, -0.25) is 4.98 Å². The van der Waals surface area contributed by atoms with Crippen molar-refractivity contribution in [2.45, 2.75) is 19.8 Å². The van der Waals surface area contributed by atoms with Gasteiger partial charge in [-0.05, 0) is 40.6 Å². The van der Waals surface area contributed by atoms with Crippen molar-refractivity contribution in [2.24, 2.45) is 0 Å². The molecule has 0 N–H and O–H groups in total. The normalized spacial score (nSPS) is 11.3. The maximum Gasteiger partial charge on any atom is 0.163 e. The number of hydrogen-bond acceptors (Lipinski definition) is 3. The fourth-order valence-corrected chi connectivity index (χ4v) is 3.26. The van der Waals surface area contributed by atoms with E-state index in [9.17, 15) is 0 Å². The number of nitrogens with zero attached hydrogens (tertiary/aromatic N) is 3. The minimum atomic E-state index is 0.291. The lowest BCUT2D eigenvalue weighted by atomic mass is 10.1. The highest BCUT2D eigenvalue weighted by Crippen LogP contribution is 2.30. The molecule has 1 aromatic carbocycles. The fraction of sp³-hybridized carbons (Fsp3) is 0.188. The van der Waals surface area contributed by atoms with Crippen LogP contribution >= 0.6 is 34.2 Å². The minimum absolute atomic E-state index is 0.291. The number of aromatic nitrogens is 3. The first-order valence-corrected chi connectivity index (χ1v) is 8.10. The molecule has 0 aliphatic rings. The number of para-hydroxylation sites is 1. The average Bonchev–Trinajstić information content (AvgIpc) is 2.49. The molecule has 2 heterocycles. The molecule has 0 bridgehead atoms. The van der Waals surface area contributed by atoms with Gasteiger partial charge in [0.1, 0.15) is 5.15 Å². The molecule has 3 nitrogen and oxygen atoms in total. The van der Waals surface area contributed by atoms with Gasteiger partial charge < -0.3 is 0 Å². The van der Waals surface area contributed by atoms with Gasteiger partial charge in [0, 0.05) is 17.1 Å². The Bertz CT molecular complexity index is 812. The van der Waals surface area contributed by atoms with Crippen LogP contribution in [0.25, 0.3) is 22.3 Å². The second-order valence-electron chi connectivity index (χ2n) is 5.07. The topological polar surface area (TPSA) is 38.7 Å². The number of rotatable bonds is 2. The SMILES string of the molecule is CC(C)c1nc(-c2cccc3cccnc23)nc(Cl)c1I. The quantitative estimate of drug-likeness (QED) is 0.438. The lowest BCUT2D eigenvalue weighted by Crippen LogP contribution is -2.03.